The van der Waals surface area contributed by atoms with Crippen LogP contribution in [0.5, 0.6) is 5.75 Å². The maximum atomic E-state index is 13.2. The summed E-state index contributed by atoms with van der Waals surface area (Å²) in [6, 6.07) is 11.0. The number of nitrogens with two attached hydrogens (primary N) is 1. The van der Waals surface area contributed by atoms with E-state index in [9.17, 15) is 29.3 Å². The number of ether oxygens (including phenoxy) is 1. The highest BCUT2D eigenvalue weighted by molar-refractivity contribution is 6.11. The van der Waals surface area contributed by atoms with Gasteiger partial charge in [0.2, 0.25) is 5.91 Å². The summed E-state index contributed by atoms with van der Waals surface area (Å²) in [7, 11) is 0. The van der Waals surface area contributed by atoms with Crippen LogP contribution in [0.4, 0.5) is 16.2 Å². The molecule has 0 saturated carbocycles. The van der Waals surface area contributed by atoms with E-state index in [2.05, 4.69) is 5.32 Å². The topological polar surface area (TPSA) is 165 Å². The fraction of sp³-hybridized carbons (Fsp3) is 0.238. The number of amides is 5. The minimum absolute atomic E-state index is 0.184. The summed E-state index contributed by atoms with van der Waals surface area (Å²) in [6.45, 7) is 0.607. The second-order valence-corrected chi connectivity index (χ2v) is 7.73. The summed E-state index contributed by atoms with van der Waals surface area (Å²) < 4.78 is 5.52. The Kier molecular flexibility index (Phi) is 5.20. The molecule has 4 rings (SSSR count). The van der Waals surface area contributed by atoms with Gasteiger partial charge in [-0.3, -0.25) is 29.4 Å². The molecule has 2 unspecified atom stereocenters. The van der Waals surface area contributed by atoms with E-state index in [1.165, 1.54) is 36.1 Å². The molecular formula is C21H19N5O7. The molecule has 1 saturated heterocycles. The lowest BCUT2D eigenvalue weighted by Crippen LogP contribution is -2.52. The Hall–Kier alpha value is -4.48. The molecule has 1 fully saturated rings. The molecule has 12 nitrogen and oxygen atoms in total. The summed E-state index contributed by atoms with van der Waals surface area (Å²) in [5, 5.41) is 13.6. The van der Waals surface area contributed by atoms with Gasteiger partial charge in [-0.25, -0.2) is 4.79 Å². The minimum Gasteiger partial charge on any atom is -0.477 e. The molecule has 2 aliphatic rings. The number of hydrogen-bond acceptors (Lipinski definition) is 7. The van der Waals surface area contributed by atoms with Crippen molar-refractivity contribution in [2.45, 2.75) is 18.6 Å². The molecule has 12 heteroatoms. The highest BCUT2D eigenvalue weighted by atomic mass is 16.6. The van der Waals surface area contributed by atoms with Crippen LogP contribution in [0, 0.1) is 10.1 Å². The summed E-state index contributed by atoms with van der Waals surface area (Å²) in [4.78, 5) is 63.0. The van der Waals surface area contributed by atoms with Crippen molar-refractivity contribution in [1.29, 1.82) is 0 Å². The molecule has 0 radical (unpaired) electrons. The number of nitro groups is 1. The Bertz CT molecular complexity index is 1200. The molecule has 5 amide bonds. The van der Waals surface area contributed by atoms with E-state index in [4.69, 9.17) is 10.5 Å². The largest absolute Gasteiger partial charge is 0.477 e. The normalized spacial score (nSPS) is 21.8. The molecule has 0 spiro atoms. The van der Waals surface area contributed by atoms with Gasteiger partial charge >= 0.3 is 6.03 Å². The van der Waals surface area contributed by atoms with E-state index in [1.54, 1.807) is 24.3 Å². The van der Waals surface area contributed by atoms with Crippen molar-refractivity contribution in [3.63, 3.8) is 0 Å². The van der Waals surface area contributed by atoms with Crippen molar-refractivity contribution in [2.24, 2.45) is 5.73 Å². The lowest BCUT2D eigenvalue weighted by atomic mass is 9.91. The lowest BCUT2D eigenvalue weighted by Gasteiger charge is -2.34. The number of nitrogens with zero attached hydrogens (tertiary/aromatic N) is 3. The van der Waals surface area contributed by atoms with Crippen molar-refractivity contribution >= 4 is 35.1 Å². The molecule has 33 heavy (non-hydrogen) atoms. The second-order valence-electron chi connectivity index (χ2n) is 7.73. The number of urea groups is 1. The number of carbonyl (C=O) groups excluding carboxylic acids is 4. The van der Waals surface area contributed by atoms with Gasteiger partial charge in [0.05, 0.1) is 17.2 Å². The van der Waals surface area contributed by atoms with Gasteiger partial charge in [0, 0.05) is 12.1 Å². The Morgan fingerprint density at radius 1 is 1.24 bits per heavy atom. The molecule has 0 aliphatic carbocycles. The van der Waals surface area contributed by atoms with Crippen LogP contribution in [0.15, 0.2) is 48.5 Å². The second kappa shape index (κ2) is 7.89. The SMILES string of the molecule is CC1(c2cccc([N+](=O)[O-])c2)NC(=O)N(CC(=O)N2CC(C(N)=O)Oc3ccccc32)C1=O. The van der Waals surface area contributed by atoms with Crippen molar-refractivity contribution < 1.29 is 28.8 Å². The Morgan fingerprint density at radius 2 is 1.97 bits per heavy atom. The first-order chi connectivity index (χ1) is 15.6. The van der Waals surface area contributed by atoms with E-state index in [1.807, 2.05) is 0 Å². The zero-order chi connectivity index (χ0) is 23.9. The molecule has 0 aromatic heterocycles. The summed E-state index contributed by atoms with van der Waals surface area (Å²) in [6.07, 6.45) is -1.10. The molecule has 3 N–H and O–H groups in total. The van der Waals surface area contributed by atoms with Crippen LogP contribution in [0.25, 0.3) is 0 Å². The zero-order valence-electron chi connectivity index (χ0n) is 17.4. The van der Waals surface area contributed by atoms with Crippen LogP contribution >= 0.6 is 0 Å². The van der Waals surface area contributed by atoms with Crippen LogP contribution in [0.2, 0.25) is 0 Å². The number of fused-ring (bicyclic) bond motifs is 1. The van der Waals surface area contributed by atoms with Gasteiger partial charge in [0.15, 0.2) is 6.10 Å². The van der Waals surface area contributed by atoms with Gasteiger partial charge in [0.1, 0.15) is 17.8 Å². The summed E-state index contributed by atoms with van der Waals surface area (Å²) in [5.41, 5.74) is 4.08. The van der Waals surface area contributed by atoms with Gasteiger partial charge in [-0.15, -0.1) is 0 Å². The molecule has 2 atom stereocenters. The van der Waals surface area contributed by atoms with E-state index in [-0.39, 0.29) is 23.5 Å². The van der Waals surface area contributed by atoms with Crippen molar-refractivity contribution in [3.05, 3.63) is 64.2 Å². The van der Waals surface area contributed by atoms with E-state index < -0.39 is 46.9 Å². The van der Waals surface area contributed by atoms with E-state index in [0.29, 0.717) is 5.69 Å². The zero-order valence-corrected chi connectivity index (χ0v) is 17.4. The van der Waals surface area contributed by atoms with E-state index in [0.717, 1.165) is 4.90 Å². The maximum Gasteiger partial charge on any atom is 0.325 e. The molecule has 2 aromatic rings. The number of carbonyl (C=O) groups is 4. The average molecular weight is 453 g/mol. The average Bonchev–Trinajstić information content (AvgIpc) is 3.02. The fourth-order valence-electron chi connectivity index (χ4n) is 3.81. The lowest BCUT2D eigenvalue weighted by molar-refractivity contribution is -0.385. The van der Waals surface area contributed by atoms with Gasteiger partial charge < -0.3 is 20.7 Å². The number of rotatable bonds is 5. The minimum atomic E-state index is -1.60. The number of imide groups is 1. The first-order valence-electron chi connectivity index (χ1n) is 9.86. The third-order valence-electron chi connectivity index (χ3n) is 5.59. The number of benzene rings is 2. The molecular weight excluding hydrogens is 434 g/mol. The van der Waals surface area contributed by atoms with Crippen LogP contribution in [-0.4, -0.2) is 52.8 Å². The van der Waals surface area contributed by atoms with Crippen LogP contribution < -0.4 is 20.7 Å². The first kappa shape index (κ1) is 21.7. The Labute approximate surface area is 187 Å². The van der Waals surface area contributed by atoms with Gasteiger partial charge in [-0.2, -0.15) is 0 Å². The third-order valence-corrected chi connectivity index (χ3v) is 5.59. The smallest absolute Gasteiger partial charge is 0.325 e. The van der Waals surface area contributed by atoms with Crippen LogP contribution in [0.3, 0.4) is 0 Å². The monoisotopic (exact) mass is 453 g/mol. The first-order valence-corrected chi connectivity index (χ1v) is 9.86. The van der Waals surface area contributed by atoms with Crippen molar-refractivity contribution in [3.8, 4) is 5.75 Å². The van der Waals surface area contributed by atoms with Crippen LogP contribution in [-0.2, 0) is 19.9 Å². The van der Waals surface area contributed by atoms with Crippen molar-refractivity contribution in [2.75, 3.05) is 18.0 Å². The maximum absolute atomic E-state index is 13.2. The van der Waals surface area contributed by atoms with E-state index >= 15 is 0 Å². The molecule has 2 heterocycles. The van der Waals surface area contributed by atoms with Crippen LogP contribution in [0.1, 0.15) is 12.5 Å². The van der Waals surface area contributed by atoms with Gasteiger partial charge in [-0.05, 0) is 24.6 Å². The standard InChI is InChI=1S/C21H19N5O7/c1-21(12-5-4-6-13(9-12)26(31)32)19(29)25(20(30)23-21)11-17(27)24-10-16(18(22)28)33-15-8-3-2-7-14(15)24/h2-9,16H,10-11H2,1H3,(H2,22,28)(H,23,30). The number of anilines is 1. The fourth-order valence-corrected chi connectivity index (χ4v) is 3.81. The number of nitrogens with one attached hydrogen (secondary N) is 1. The number of nitro benzene ring substituents is 1. The molecule has 0 bridgehead atoms. The number of non-ortho nitro benzene ring substituents is 1. The predicted molar refractivity (Wildman–Crippen MR) is 113 cm³/mol. The highest BCUT2D eigenvalue weighted by Crippen LogP contribution is 2.34. The van der Waals surface area contributed by atoms with Gasteiger partial charge in [-0.1, -0.05) is 24.3 Å². The predicted octanol–water partition coefficient (Wildman–Crippen LogP) is 0.641. The van der Waals surface area contributed by atoms with Gasteiger partial charge in [0.25, 0.3) is 17.5 Å². The molecule has 2 aliphatic heterocycles. The number of para-hydroxylation sites is 2. The molecule has 2 aromatic carbocycles. The third kappa shape index (κ3) is 3.71. The quantitative estimate of drug-likeness (QED) is 0.381. The van der Waals surface area contributed by atoms with Crippen molar-refractivity contribution in [1.82, 2.24) is 10.2 Å². The number of hydrogen-bond donors (Lipinski definition) is 2. The molecule has 170 valence electrons. The highest BCUT2D eigenvalue weighted by Gasteiger charge is 2.50. The summed E-state index contributed by atoms with van der Waals surface area (Å²) >= 11 is 0. The Morgan fingerprint density at radius 3 is 2.67 bits per heavy atom. The Balaban J connectivity index is 1.60. The summed E-state index contributed by atoms with van der Waals surface area (Å²) in [5.74, 6) is -1.88. The number of primary amides is 1.